The van der Waals surface area contributed by atoms with Crippen LogP contribution in [-0.4, -0.2) is 23.9 Å². The molecule has 0 saturated carbocycles. The lowest BCUT2D eigenvalue weighted by Crippen LogP contribution is -2.42. The predicted octanol–water partition coefficient (Wildman–Crippen LogP) is 3.09. The number of furan rings is 1. The van der Waals surface area contributed by atoms with E-state index in [1.165, 1.54) is 12.1 Å². The van der Waals surface area contributed by atoms with E-state index in [4.69, 9.17) is 4.42 Å². The summed E-state index contributed by atoms with van der Waals surface area (Å²) in [5.41, 5.74) is 0.285. The largest absolute Gasteiger partial charge is 0.468 e. The van der Waals surface area contributed by atoms with Crippen molar-refractivity contribution < 1.29 is 18.0 Å². The van der Waals surface area contributed by atoms with Crippen LogP contribution in [-0.2, 0) is 17.9 Å². The van der Waals surface area contributed by atoms with Crippen LogP contribution in [0.1, 0.15) is 24.2 Å². The van der Waals surface area contributed by atoms with Crippen LogP contribution in [0.3, 0.4) is 0 Å². The quantitative estimate of drug-likeness (QED) is 0.914. The summed E-state index contributed by atoms with van der Waals surface area (Å²) in [6.45, 7) is 2.33. The van der Waals surface area contributed by atoms with Crippen LogP contribution >= 0.6 is 0 Å². The van der Waals surface area contributed by atoms with Crippen molar-refractivity contribution >= 4 is 5.91 Å². The van der Waals surface area contributed by atoms with Crippen LogP contribution in [0.2, 0.25) is 0 Å². The van der Waals surface area contributed by atoms with E-state index >= 15 is 0 Å². The maximum Gasteiger partial charge on any atom is 0.224 e. The number of amides is 1. The molecule has 0 unspecified atom stereocenters. The lowest BCUT2D eigenvalue weighted by molar-refractivity contribution is -0.127. The Morgan fingerprint density at radius 2 is 2.21 bits per heavy atom. The number of carbonyl (C=O) groups is 1. The standard InChI is InChI=1S/C18H20F2N2O2/c19-15-6-5-13(17(20)9-15)10-21-18(23)14-3-1-7-22(11-14)12-16-4-2-8-24-16/h2,4-6,8-9,14H,1,3,7,10-12H2,(H,21,23)/t14-/m0/s1. The van der Waals surface area contributed by atoms with Gasteiger partial charge in [-0.05, 0) is 37.6 Å². The zero-order valence-corrected chi connectivity index (χ0v) is 13.3. The van der Waals surface area contributed by atoms with E-state index in [0.717, 1.165) is 31.2 Å². The molecule has 4 nitrogen and oxygen atoms in total. The molecule has 1 aromatic carbocycles. The molecule has 1 aliphatic rings. The Kier molecular flexibility index (Phi) is 5.25. The van der Waals surface area contributed by atoms with Crippen molar-refractivity contribution in [3.63, 3.8) is 0 Å². The van der Waals surface area contributed by atoms with Crippen molar-refractivity contribution in [2.24, 2.45) is 5.92 Å². The van der Waals surface area contributed by atoms with E-state index < -0.39 is 11.6 Å². The van der Waals surface area contributed by atoms with Gasteiger partial charge in [0.1, 0.15) is 17.4 Å². The van der Waals surface area contributed by atoms with Crippen LogP contribution in [0.25, 0.3) is 0 Å². The molecule has 2 heterocycles. The van der Waals surface area contributed by atoms with Crippen LogP contribution in [0.4, 0.5) is 8.78 Å². The maximum absolute atomic E-state index is 13.6. The molecule has 0 radical (unpaired) electrons. The number of piperidine rings is 1. The highest BCUT2D eigenvalue weighted by Crippen LogP contribution is 2.19. The second kappa shape index (κ2) is 7.57. The van der Waals surface area contributed by atoms with E-state index in [1.807, 2.05) is 12.1 Å². The number of rotatable bonds is 5. The van der Waals surface area contributed by atoms with Crippen molar-refractivity contribution in [1.82, 2.24) is 10.2 Å². The topological polar surface area (TPSA) is 45.5 Å². The highest BCUT2D eigenvalue weighted by atomic mass is 19.1. The second-order valence-electron chi connectivity index (χ2n) is 6.11. The molecule has 2 aromatic rings. The minimum Gasteiger partial charge on any atom is -0.468 e. The number of likely N-dealkylation sites (tertiary alicyclic amines) is 1. The second-order valence-corrected chi connectivity index (χ2v) is 6.11. The van der Waals surface area contributed by atoms with Crippen LogP contribution in [0, 0.1) is 17.6 Å². The summed E-state index contributed by atoms with van der Waals surface area (Å²) in [7, 11) is 0. The average molecular weight is 334 g/mol. The van der Waals surface area contributed by atoms with Gasteiger partial charge >= 0.3 is 0 Å². The Balaban J connectivity index is 1.52. The van der Waals surface area contributed by atoms with Gasteiger partial charge in [0.15, 0.2) is 0 Å². The van der Waals surface area contributed by atoms with Gasteiger partial charge in [-0.2, -0.15) is 0 Å². The highest BCUT2D eigenvalue weighted by Gasteiger charge is 2.26. The number of hydrogen-bond donors (Lipinski definition) is 1. The Hall–Kier alpha value is -2.21. The first kappa shape index (κ1) is 16.6. The van der Waals surface area contributed by atoms with Gasteiger partial charge in [0.25, 0.3) is 0 Å². The molecule has 3 rings (SSSR count). The lowest BCUT2D eigenvalue weighted by Gasteiger charge is -2.31. The minimum atomic E-state index is -0.640. The molecule has 1 atom stereocenters. The minimum absolute atomic E-state index is 0.0691. The molecule has 1 fully saturated rings. The molecule has 0 aliphatic carbocycles. The Labute approximate surface area is 139 Å². The third kappa shape index (κ3) is 4.20. The fourth-order valence-corrected chi connectivity index (χ4v) is 3.03. The van der Waals surface area contributed by atoms with Crippen molar-refractivity contribution in [3.8, 4) is 0 Å². The summed E-state index contributed by atoms with van der Waals surface area (Å²) in [5.74, 6) is -0.605. The molecule has 1 amide bonds. The first-order valence-electron chi connectivity index (χ1n) is 8.08. The van der Waals surface area contributed by atoms with Crippen LogP contribution < -0.4 is 5.32 Å². The molecular weight excluding hydrogens is 314 g/mol. The molecule has 0 spiro atoms. The molecule has 1 saturated heterocycles. The Morgan fingerprint density at radius 1 is 1.33 bits per heavy atom. The molecule has 1 aromatic heterocycles. The number of halogens is 2. The molecular formula is C18H20F2N2O2. The highest BCUT2D eigenvalue weighted by molar-refractivity contribution is 5.78. The third-order valence-corrected chi connectivity index (χ3v) is 4.30. The molecule has 6 heteroatoms. The van der Waals surface area contributed by atoms with Gasteiger partial charge in [-0.3, -0.25) is 9.69 Å². The van der Waals surface area contributed by atoms with Crippen molar-refractivity contribution in [2.75, 3.05) is 13.1 Å². The summed E-state index contributed by atoms with van der Waals surface area (Å²) in [6.07, 6.45) is 3.39. The summed E-state index contributed by atoms with van der Waals surface area (Å²) in [4.78, 5) is 14.5. The van der Waals surface area contributed by atoms with Crippen molar-refractivity contribution in [3.05, 3.63) is 59.6 Å². The number of carbonyl (C=O) groups excluding carboxylic acids is 1. The third-order valence-electron chi connectivity index (χ3n) is 4.30. The van der Waals surface area contributed by atoms with Gasteiger partial charge in [0, 0.05) is 24.7 Å². The summed E-state index contributed by atoms with van der Waals surface area (Å²) >= 11 is 0. The molecule has 1 aliphatic heterocycles. The fourth-order valence-electron chi connectivity index (χ4n) is 3.03. The summed E-state index contributed by atoms with van der Waals surface area (Å²) in [6, 6.07) is 7.14. The normalized spacial score (nSPS) is 18.5. The summed E-state index contributed by atoms with van der Waals surface area (Å²) < 4.78 is 31.8. The average Bonchev–Trinajstić information content (AvgIpc) is 3.07. The fraction of sp³-hybridized carbons (Fsp3) is 0.389. The number of nitrogens with one attached hydrogen (secondary N) is 1. The van der Waals surface area contributed by atoms with Crippen molar-refractivity contribution in [1.29, 1.82) is 0 Å². The van der Waals surface area contributed by atoms with E-state index in [9.17, 15) is 13.6 Å². The van der Waals surface area contributed by atoms with Gasteiger partial charge in [0.05, 0.1) is 18.7 Å². The SMILES string of the molecule is O=C(NCc1ccc(F)cc1F)[C@H]1CCCN(Cc2ccco2)C1. The van der Waals surface area contributed by atoms with Crippen molar-refractivity contribution in [2.45, 2.75) is 25.9 Å². The molecule has 128 valence electrons. The van der Waals surface area contributed by atoms with Gasteiger partial charge in [0.2, 0.25) is 5.91 Å². The molecule has 1 N–H and O–H groups in total. The number of benzene rings is 1. The Bertz CT molecular complexity index is 688. The smallest absolute Gasteiger partial charge is 0.224 e. The Morgan fingerprint density at radius 3 is 2.96 bits per heavy atom. The summed E-state index contributed by atoms with van der Waals surface area (Å²) in [5, 5.41) is 2.76. The van der Waals surface area contributed by atoms with E-state index in [2.05, 4.69) is 10.2 Å². The monoisotopic (exact) mass is 334 g/mol. The van der Waals surface area contributed by atoms with Gasteiger partial charge < -0.3 is 9.73 Å². The zero-order chi connectivity index (χ0) is 16.9. The molecule has 0 bridgehead atoms. The van der Waals surface area contributed by atoms with Gasteiger partial charge in [-0.15, -0.1) is 0 Å². The maximum atomic E-state index is 13.6. The van der Waals surface area contributed by atoms with Crippen LogP contribution in [0.15, 0.2) is 41.0 Å². The van der Waals surface area contributed by atoms with E-state index in [-0.39, 0.29) is 23.9 Å². The van der Waals surface area contributed by atoms with Gasteiger partial charge in [-0.25, -0.2) is 8.78 Å². The van der Waals surface area contributed by atoms with E-state index in [0.29, 0.717) is 13.1 Å². The van der Waals surface area contributed by atoms with Crippen LogP contribution in [0.5, 0.6) is 0 Å². The first-order chi connectivity index (χ1) is 11.6. The molecule has 24 heavy (non-hydrogen) atoms. The first-order valence-corrected chi connectivity index (χ1v) is 8.08. The van der Waals surface area contributed by atoms with Gasteiger partial charge in [-0.1, -0.05) is 6.07 Å². The van der Waals surface area contributed by atoms with E-state index in [1.54, 1.807) is 6.26 Å². The zero-order valence-electron chi connectivity index (χ0n) is 13.3. The lowest BCUT2D eigenvalue weighted by atomic mass is 9.97. The number of nitrogens with zero attached hydrogens (tertiary/aromatic N) is 1. The predicted molar refractivity (Wildman–Crippen MR) is 84.9 cm³/mol. The number of hydrogen-bond acceptors (Lipinski definition) is 3.